The molecule has 624 valence electrons. The fourth-order valence-electron chi connectivity index (χ4n) is 21.8. The highest BCUT2D eigenvalue weighted by Gasteiger charge is 2.36. The molecule has 0 atom stereocenters. The van der Waals surface area contributed by atoms with E-state index in [0.29, 0.717) is 0 Å². The molecule has 4 heteroatoms. The van der Waals surface area contributed by atoms with Crippen molar-refractivity contribution in [1.82, 2.24) is 9.13 Å². The van der Waals surface area contributed by atoms with Gasteiger partial charge in [0.05, 0.1) is 27.8 Å². The predicted molar refractivity (Wildman–Crippen MR) is 566 cm³/mol. The Morgan fingerprint density at radius 3 is 1.01 bits per heavy atom. The first-order chi connectivity index (χ1) is 65.8. The minimum atomic E-state index is -0.118. The second-order valence-corrected chi connectivity index (χ2v) is 35.7. The van der Waals surface area contributed by atoms with E-state index in [1.54, 1.807) is 0 Å². The van der Waals surface area contributed by atoms with Crippen molar-refractivity contribution in [3.63, 3.8) is 0 Å². The molecular formula is C129H88N4. The molecule has 1 aliphatic rings. The maximum atomic E-state index is 2.49. The standard InChI is InChI=1S/C66H44N2.C63H44N2/c1-4-18-45(19-5-1)47-32-38-51(39-33-47)67(62-30-16-14-24-54(62)49-22-8-3-9-23-49)52-42-36-50(37-43-52)60-44-61-56-26-11-13-28-58(56)66-65(64(61)57-27-12-10-25-55(57)60)59-29-15-17-31-63(59)68(66)53-40-34-48(35-41-53)46-20-6-2-7-21-46;1-63(2)57-30-15-13-26-50(57)51-37-36-47(39-58(51)63)64(46-23-17-20-43(38-46)41-18-5-3-6-19-41)45-34-32-42(33-35-45)55-40-56-49-25-10-12-28-53(49)62-61(60(56)52-27-11-9-24-48(52)55)54-29-14-16-31-59(54)65(62)44-21-7-4-8-22-44/h1-44H;3-40H,1-2H3. The van der Waals surface area contributed by atoms with Gasteiger partial charge in [0.2, 0.25) is 0 Å². The van der Waals surface area contributed by atoms with Gasteiger partial charge in [0, 0.05) is 93.9 Å². The molecule has 0 N–H and O–H groups in total. The normalized spacial score (nSPS) is 12.2. The van der Waals surface area contributed by atoms with Crippen LogP contribution in [0.1, 0.15) is 25.0 Å². The Balaban J connectivity index is 0.000000143. The highest BCUT2D eigenvalue weighted by atomic mass is 15.2. The van der Waals surface area contributed by atoms with Crippen LogP contribution in [0, 0.1) is 0 Å². The summed E-state index contributed by atoms with van der Waals surface area (Å²) in [6.45, 7) is 4.72. The van der Waals surface area contributed by atoms with Crippen molar-refractivity contribution in [2.24, 2.45) is 0 Å². The van der Waals surface area contributed by atoms with Crippen molar-refractivity contribution in [2.75, 3.05) is 9.80 Å². The van der Waals surface area contributed by atoms with Gasteiger partial charge in [-0.3, -0.25) is 0 Å². The van der Waals surface area contributed by atoms with Gasteiger partial charge in [-0.2, -0.15) is 0 Å². The molecule has 23 aromatic carbocycles. The summed E-state index contributed by atoms with van der Waals surface area (Å²) in [6, 6.07) is 182. The van der Waals surface area contributed by atoms with E-state index >= 15 is 0 Å². The number of aromatic nitrogens is 2. The molecule has 0 bridgehead atoms. The van der Waals surface area contributed by atoms with E-state index in [4.69, 9.17) is 0 Å². The van der Waals surface area contributed by atoms with Crippen LogP contribution in [0.3, 0.4) is 0 Å². The number of hydrogen-bond donors (Lipinski definition) is 0. The van der Waals surface area contributed by atoms with Gasteiger partial charge in [0.15, 0.2) is 0 Å². The molecule has 0 saturated heterocycles. The zero-order chi connectivity index (χ0) is 88.2. The van der Waals surface area contributed by atoms with Crippen LogP contribution < -0.4 is 9.80 Å². The Hall–Kier alpha value is -17.2. The first kappa shape index (κ1) is 78.1. The Morgan fingerprint density at radius 1 is 0.173 bits per heavy atom. The monoisotopic (exact) mass is 1690 g/mol. The highest BCUT2D eigenvalue weighted by Crippen LogP contribution is 2.55. The zero-order valence-electron chi connectivity index (χ0n) is 73.6. The second kappa shape index (κ2) is 32.2. The van der Waals surface area contributed by atoms with E-state index in [2.05, 4.69) is 530 Å². The van der Waals surface area contributed by atoms with E-state index in [1.807, 2.05) is 0 Å². The van der Waals surface area contributed by atoms with Gasteiger partial charge in [-0.1, -0.05) is 396 Å². The van der Waals surface area contributed by atoms with Gasteiger partial charge >= 0.3 is 0 Å². The number of hydrogen-bond acceptors (Lipinski definition) is 2. The summed E-state index contributed by atoms with van der Waals surface area (Å²) < 4.78 is 4.95. The molecule has 2 heterocycles. The molecule has 0 aliphatic heterocycles. The lowest BCUT2D eigenvalue weighted by Crippen LogP contribution is -2.16. The molecule has 1 aliphatic carbocycles. The van der Waals surface area contributed by atoms with Crippen LogP contribution >= 0.6 is 0 Å². The summed E-state index contributed by atoms with van der Waals surface area (Å²) in [7, 11) is 0. The first-order valence-corrected chi connectivity index (χ1v) is 46.1. The third-order valence-corrected chi connectivity index (χ3v) is 27.9. The lowest BCUT2D eigenvalue weighted by atomic mass is 9.82. The van der Waals surface area contributed by atoms with Gasteiger partial charge in [0.25, 0.3) is 0 Å². The van der Waals surface area contributed by atoms with Crippen LogP contribution in [-0.4, -0.2) is 9.13 Å². The summed E-state index contributed by atoms with van der Waals surface area (Å²) in [5.74, 6) is 0. The van der Waals surface area contributed by atoms with Gasteiger partial charge in [-0.15, -0.1) is 0 Å². The van der Waals surface area contributed by atoms with Crippen LogP contribution in [0.4, 0.5) is 34.1 Å². The largest absolute Gasteiger partial charge is 0.310 e. The van der Waals surface area contributed by atoms with Crippen LogP contribution in [0.2, 0.25) is 0 Å². The van der Waals surface area contributed by atoms with E-state index in [0.717, 1.165) is 39.8 Å². The number of fused-ring (bicyclic) bond motifs is 23. The van der Waals surface area contributed by atoms with Crippen molar-refractivity contribution in [1.29, 1.82) is 0 Å². The molecule has 133 heavy (non-hydrogen) atoms. The molecule has 4 nitrogen and oxygen atoms in total. The lowest BCUT2D eigenvalue weighted by molar-refractivity contribution is 0.660. The van der Waals surface area contributed by atoms with Crippen LogP contribution in [-0.2, 0) is 5.41 Å². The molecular weight excluding hydrogens is 1610 g/mol. The van der Waals surface area contributed by atoms with Crippen LogP contribution in [0.15, 0.2) is 497 Å². The maximum absolute atomic E-state index is 2.49. The first-order valence-electron chi connectivity index (χ1n) is 46.1. The lowest BCUT2D eigenvalue weighted by Gasteiger charge is -2.28. The van der Waals surface area contributed by atoms with Gasteiger partial charge < -0.3 is 18.9 Å². The average molecular weight is 1690 g/mol. The minimum absolute atomic E-state index is 0.118. The van der Waals surface area contributed by atoms with Gasteiger partial charge in [0.1, 0.15) is 0 Å². The average Bonchev–Trinajstić information content (AvgIpc) is 1.54. The van der Waals surface area contributed by atoms with E-state index < -0.39 is 0 Å². The summed E-state index contributed by atoms with van der Waals surface area (Å²) >= 11 is 0. The zero-order valence-corrected chi connectivity index (χ0v) is 73.6. The summed E-state index contributed by atoms with van der Waals surface area (Å²) in [4.78, 5) is 4.83. The molecule has 0 amide bonds. The summed E-state index contributed by atoms with van der Waals surface area (Å²) in [5, 5.41) is 20.2. The third kappa shape index (κ3) is 13.1. The molecule has 0 saturated carbocycles. The number of para-hydroxylation sites is 4. The molecule has 0 unspecified atom stereocenters. The number of benzene rings is 23. The molecule has 0 radical (unpaired) electrons. The van der Waals surface area contributed by atoms with Crippen LogP contribution in [0.25, 0.3) is 198 Å². The van der Waals surface area contributed by atoms with Crippen LogP contribution in [0.5, 0.6) is 0 Å². The second-order valence-electron chi connectivity index (χ2n) is 35.7. The Bertz CT molecular complexity index is 8850. The quantitative estimate of drug-likeness (QED) is 0.101. The van der Waals surface area contributed by atoms with Gasteiger partial charge in [-0.25, -0.2) is 0 Å². The number of anilines is 6. The number of rotatable bonds is 14. The number of nitrogens with zero attached hydrogens (tertiary/aromatic N) is 4. The Morgan fingerprint density at radius 2 is 0.504 bits per heavy atom. The predicted octanol–water partition coefficient (Wildman–Crippen LogP) is 35.7. The van der Waals surface area contributed by atoms with Crippen molar-refractivity contribution in [2.45, 2.75) is 19.3 Å². The van der Waals surface area contributed by atoms with Crippen molar-refractivity contribution in [3.8, 4) is 89.3 Å². The summed E-state index contributed by atoms with van der Waals surface area (Å²) in [6.07, 6.45) is 0. The van der Waals surface area contributed by atoms with Crippen molar-refractivity contribution >= 4 is 142 Å². The van der Waals surface area contributed by atoms with Crippen molar-refractivity contribution < 1.29 is 0 Å². The smallest absolute Gasteiger partial charge is 0.0626 e. The molecule has 26 rings (SSSR count). The molecule has 0 spiro atoms. The third-order valence-electron chi connectivity index (χ3n) is 27.9. The highest BCUT2D eigenvalue weighted by molar-refractivity contribution is 6.40. The van der Waals surface area contributed by atoms with Gasteiger partial charge in [-0.05, 0) is 242 Å². The topological polar surface area (TPSA) is 16.3 Å². The minimum Gasteiger partial charge on any atom is -0.310 e. The summed E-state index contributed by atoms with van der Waals surface area (Å²) in [5.41, 5.74) is 33.5. The SMILES string of the molecule is CC1(C)c2ccccc2-c2ccc(N(c3ccc(-c4cc5c6ccccc6c6c(c7ccccc7n6-c6ccccc6)c5c5ccccc45)cc3)c3cccc(-c4ccccc4)c3)cc21.c1ccc(-c2ccc(N(c3ccc(-c4cc5c6ccccc6c6c(c7ccccc7n6-c6ccc(-c7ccccc7)cc6)c5c5ccccc45)cc3)c3ccccc3-c3ccccc3)cc2)cc1. The Kier molecular flexibility index (Phi) is 18.9. The maximum Gasteiger partial charge on any atom is 0.0626 e. The van der Waals surface area contributed by atoms with Crippen molar-refractivity contribution in [3.05, 3.63) is 509 Å². The molecule has 25 aromatic rings. The van der Waals surface area contributed by atoms with E-state index in [9.17, 15) is 0 Å². The Labute approximate surface area is 773 Å². The fraction of sp³-hybridized carbons (Fsp3) is 0.0233. The van der Waals surface area contributed by atoms with E-state index in [-0.39, 0.29) is 5.41 Å². The molecule has 2 aromatic heterocycles. The fourth-order valence-corrected chi connectivity index (χ4v) is 21.8. The van der Waals surface area contributed by atoms with E-state index in [1.165, 1.54) is 203 Å². The molecule has 0 fully saturated rings.